The number of rotatable bonds is 4. The maximum absolute atomic E-state index is 13.5. The van der Waals surface area contributed by atoms with Gasteiger partial charge in [0.15, 0.2) is 0 Å². The van der Waals surface area contributed by atoms with Crippen LogP contribution in [-0.2, 0) is 0 Å². The second kappa shape index (κ2) is 6.28. The Kier molecular flexibility index (Phi) is 4.69. The lowest BCUT2D eigenvalue weighted by Gasteiger charge is -2.29. The number of carboxylic acids is 1. The molecule has 0 atom stereocenters. The topological polar surface area (TPSA) is 49.3 Å². The highest BCUT2D eigenvalue weighted by Gasteiger charge is 2.23. The van der Waals surface area contributed by atoms with Gasteiger partial charge < -0.3 is 10.4 Å². The zero-order valence-corrected chi connectivity index (χ0v) is 11.7. The molecule has 0 radical (unpaired) electrons. The Morgan fingerprint density at radius 2 is 2.05 bits per heavy atom. The summed E-state index contributed by atoms with van der Waals surface area (Å²) in [6.07, 6.45) is 6.36. The van der Waals surface area contributed by atoms with E-state index in [2.05, 4.69) is 11.6 Å². The molecule has 1 saturated carbocycles. The molecule has 2 rings (SSSR count). The fourth-order valence-corrected chi connectivity index (χ4v) is 3.27. The van der Waals surface area contributed by atoms with Crippen LogP contribution in [0.15, 0.2) is 18.2 Å². The number of hydrogen-bond acceptors (Lipinski definition) is 3. The predicted molar refractivity (Wildman–Crippen MR) is 76.5 cm³/mol. The van der Waals surface area contributed by atoms with E-state index in [1.807, 2.05) is 11.8 Å². The van der Waals surface area contributed by atoms with Gasteiger partial charge in [0.1, 0.15) is 11.4 Å². The predicted octanol–water partition coefficient (Wildman–Crippen LogP) is 3.61. The normalized spacial score (nSPS) is 23.1. The average Bonchev–Trinajstić information content (AvgIpc) is 2.39. The third-order valence-corrected chi connectivity index (χ3v) is 4.73. The molecule has 5 heteroatoms. The van der Waals surface area contributed by atoms with Crippen LogP contribution in [0.3, 0.4) is 0 Å². The first-order valence-electron chi connectivity index (χ1n) is 6.43. The monoisotopic (exact) mass is 283 g/mol. The Morgan fingerprint density at radius 3 is 2.63 bits per heavy atom. The van der Waals surface area contributed by atoms with Gasteiger partial charge in [-0.25, -0.2) is 9.18 Å². The summed E-state index contributed by atoms with van der Waals surface area (Å²) < 4.78 is 13.5. The third-order valence-electron chi connectivity index (χ3n) is 3.59. The van der Waals surface area contributed by atoms with Crippen molar-refractivity contribution in [2.45, 2.75) is 37.0 Å². The molecule has 0 saturated heterocycles. The molecule has 1 aliphatic carbocycles. The van der Waals surface area contributed by atoms with Crippen molar-refractivity contribution in [3.8, 4) is 0 Å². The highest BCUT2D eigenvalue weighted by Crippen LogP contribution is 2.29. The first-order chi connectivity index (χ1) is 9.11. The van der Waals surface area contributed by atoms with E-state index in [0.717, 1.165) is 25.7 Å². The van der Waals surface area contributed by atoms with E-state index in [1.165, 1.54) is 12.1 Å². The molecule has 3 nitrogen and oxygen atoms in total. The van der Waals surface area contributed by atoms with Gasteiger partial charge in [-0.3, -0.25) is 0 Å². The number of anilines is 1. The van der Waals surface area contributed by atoms with Crippen LogP contribution < -0.4 is 5.32 Å². The van der Waals surface area contributed by atoms with Gasteiger partial charge in [-0.15, -0.1) is 0 Å². The Hall–Kier alpha value is -1.23. The standard InChI is InChI=1S/C14H18FNO2S/c1-19-10-7-5-9(6-8-10)16-12-4-2-3-11(15)13(12)14(17)18/h2-4,9-10,16H,5-8H2,1H3,(H,17,18). The molecule has 0 unspecified atom stereocenters. The second-order valence-electron chi connectivity index (χ2n) is 4.82. The molecule has 1 aliphatic rings. The summed E-state index contributed by atoms with van der Waals surface area (Å²) in [5.41, 5.74) is 0.134. The van der Waals surface area contributed by atoms with Crippen LogP contribution in [0, 0.1) is 5.82 Å². The summed E-state index contributed by atoms with van der Waals surface area (Å²) >= 11 is 1.88. The van der Waals surface area contributed by atoms with Crippen molar-refractivity contribution >= 4 is 23.4 Å². The summed E-state index contributed by atoms with van der Waals surface area (Å²) in [4.78, 5) is 11.1. The molecular formula is C14H18FNO2S. The van der Waals surface area contributed by atoms with E-state index >= 15 is 0 Å². The minimum atomic E-state index is -1.22. The summed E-state index contributed by atoms with van der Waals surface area (Å²) in [7, 11) is 0. The Bertz CT molecular complexity index is 459. The van der Waals surface area contributed by atoms with Gasteiger partial charge in [-0.05, 0) is 44.1 Å². The molecular weight excluding hydrogens is 265 g/mol. The lowest BCUT2D eigenvalue weighted by atomic mass is 9.94. The SMILES string of the molecule is CSC1CCC(Nc2cccc(F)c2C(=O)O)CC1. The molecule has 0 bridgehead atoms. The van der Waals surface area contributed by atoms with Crippen LogP contribution in [-0.4, -0.2) is 28.6 Å². The van der Waals surface area contributed by atoms with Crippen molar-refractivity contribution in [1.82, 2.24) is 0 Å². The van der Waals surface area contributed by atoms with Crippen molar-refractivity contribution < 1.29 is 14.3 Å². The van der Waals surface area contributed by atoms with Crippen molar-refractivity contribution in [2.75, 3.05) is 11.6 Å². The van der Waals surface area contributed by atoms with E-state index in [1.54, 1.807) is 6.07 Å². The maximum atomic E-state index is 13.5. The first-order valence-corrected chi connectivity index (χ1v) is 7.71. The van der Waals surface area contributed by atoms with Crippen LogP contribution in [0.5, 0.6) is 0 Å². The molecule has 1 aromatic rings. The number of halogens is 1. The fraction of sp³-hybridized carbons (Fsp3) is 0.500. The molecule has 1 aromatic carbocycles. The zero-order chi connectivity index (χ0) is 13.8. The molecule has 1 fully saturated rings. The van der Waals surface area contributed by atoms with Gasteiger partial charge in [0.25, 0.3) is 0 Å². The number of aromatic carboxylic acids is 1. The van der Waals surface area contributed by atoms with Gasteiger partial charge >= 0.3 is 5.97 Å². The van der Waals surface area contributed by atoms with Crippen molar-refractivity contribution in [3.63, 3.8) is 0 Å². The number of nitrogens with one attached hydrogen (secondary N) is 1. The smallest absolute Gasteiger partial charge is 0.340 e. The van der Waals surface area contributed by atoms with Crippen LogP contribution in [0.25, 0.3) is 0 Å². The molecule has 19 heavy (non-hydrogen) atoms. The van der Waals surface area contributed by atoms with Gasteiger partial charge in [-0.1, -0.05) is 6.07 Å². The Balaban J connectivity index is 2.08. The van der Waals surface area contributed by atoms with E-state index in [4.69, 9.17) is 5.11 Å². The van der Waals surface area contributed by atoms with Crippen LogP contribution in [0.4, 0.5) is 10.1 Å². The van der Waals surface area contributed by atoms with E-state index in [-0.39, 0.29) is 11.6 Å². The third kappa shape index (κ3) is 3.41. The molecule has 0 spiro atoms. The first kappa shape index (κ1) is 14.2. The van der Waals surface area contributed by atoms with E-state index in [9.17, 15) is 9.18 Å². The molecule has 0 aromatic heterocycles. The highest BCUT2D eigenvalue weighted by atomic mass is 32.2. The molecule has 0 heterocycles. The quantitative estimate of drug-likeness (QED) is 0.886. The number of thioether (sulfide) groups is 1. The lowest BCUT2D eigenvalue weighted by Crippen LogP contribution is -2.28. The van der Waals surface area contributed by atoms with E-state index in [0.29, 0.717) is 10.9 Å². The summed E-state index contributed by atoms with van der Waals surface area (Å²) in [6.45, 7) is 0. The van der Waals surface area contributed by atoms with Gasteiger partial charge in [-0.2, -0.15) is 11.8 Å². The molecule has 2 N–H and O–H groups in total. The Morgan fingerprint density at radius 1 is 1.37 bits per heavy atom. The zero-order valence-electron chi connectivity index (χ0n) is 10.9. The van der Waals surface area contributed by atoms with Crippen LogP contribution in [0.2, 0.25) is 0 Å². The number of benzene rings is 1. The number of hydrogen-bond donors (Lipinski definition) is 2. The van der Waals surface area contributed by atoms with Crippen molar-refractivity contribution in [2.24, 2.45) is 0 Å². The lowest BCUT2D eigenvalue weighted by molar-refractivity contribution is 0.0693. The second-order valence-corrected chi connectivity index (χ2v) is 5.96. The van der Waals surface area contributed by atoms with Gasteiger partial charge in [0.2, 0.25) is 0 Å². The summed E-state index contributed by atoms with van der Waals surface area (Å²) in [5.74, 6) is -1.91. The molecule has 104 valence electrons. The fourth-order valence-electron chi connectivity index (χ4n) is 2.52. The molecule has 0 aliphatic heterocycles. The van der Waals surface area contributed by atoms with Gasteiger partial charge in [0, 0.05) is 11.3 Å². The largest absolute Gasteiger partial charge is 0.478 e. The average molecular weight is 283 g/mol. The molecule has 0 amide bonds. The Labute approximate surface area is 116 Å². The van der Waals surface area contributed by atoms with Crippen LogP contribution >= 0.6 is 11.8 Å². The maximum Gasteiger partial charge on any atom is 0.340 e. The van der Waals surface area contributed by atoms with Crippen LogP contribution in [0.1, 0.15) is 36.0 Å². The minimum Gasteiger partial charge on any atom is -0.478 e. The van der Waals surface area contributed by atoms with Gasteiger partial charge in [0.05, 0.1) is 5.69 Å². The number of carboxylic acid groups (broad SMARTS) is 1. The highest BCUT2D eigenvalue weighted by molar-refractivity contribution is 7.99. The summed E-state index contributed by atoms with van der Waals surface area (Å²) in [5, 5.41) is 13.0. The van der Waals surface area contributed by atoms with E-state index < -0.39 is 11.8 Å². The minimum absolute atomic E-state index is 0.239. The van der Waals surface area contributed by atoms with Crippen molar-refractivity contribution in [3.05, 3.63) is 29.6 Å². The summed E-state index contributed by atoms with van der Waals surface area (Å²) in [6, 6.07) is 4.59. The number of carbonyl (C=O) groups is 1. The van der Waals surface area contributed by atoms with Crippen molar-refractivity contribution in [1.29, 1.82) is 0 Å².